The fourth-order valence-electron chi connectivity index (χ4n) is 0.781. The van der Waals surface area contributed by atoms with E-state index in [1.54, 1.807) is 7.11 Å². The summed E-state index contributed by atoms with van der Waals surface area (Å²) >= 11 is 0. The minimum absolute atomic E-state index is 0.0167. The van der Waals surface area contributed by atoms with Crippen molar-refractivity contribution < 1.29 is 28.7 Å². The molecule has 0 aliphatic heterocycles. The molecule has 0 unspecified atom stereocenters. The average Bonchev–Trinajstić information content (AvgIpc) is 2.51. The highest BCUT2D eigenvalue weighted by atomic mass is 16.5. The lowest BCUT2D eigenvalue weighted by molar-refractivity contribution is -0.148. The second kappa shape index (κ2) is 15.6. The molecule has 0 spiro atoms. The van der Waals surface area contributed by atoms with E-state index in [1.165, 1.54) is 6.08 Å². The van der Waals surface area contributed by atoms with Crippen LogP contribution in [0.2, 0.25) is 0 Å². The van der Waals surface area contributed by atoms with E-state index in [2.05, 4.69) is 33.3 Å². The Morgan fingerprint density at radius 3 is 1.86 bits per heavy atom. The topological polar surface area (TPSA) is 111 Å². The van der Waals surface area contributed by atoms with E-state index in [0.717, 1.165) is 6.08 Å². The van der Waals surface area contributed by atoms with Crippen LogP contribution in [0.3, 0.4) is 0 Å². The quantitative estimate of drug-likeness (QED) is 0.185. The molecule has 0 aromatic carbocycles. The van der Waals surface area contributed by atoms with Gasteiger partial charge in [0.2, 0.25) is 18.1 Å². The maximum atomic E-state index is 10.5. The number of ether oxygens (including phenoxy) is 2. The number of aldehydes is 1. The first-order valence-corrected chi connectivity index (χ1v) is 5.93. The number of carbonyl (C=O) groups excluding carboxylic acids is 4. The van der Waals surface area contributed by atoms with E-state index in [4.69, 9.17) is 0 Å². The van der Waals surface area contributed by atoms with Gasteiger partial charge in [-0.25, -0.2) is 4.79 Å². The van der Waals surface area contributed by atoms with Crippen LogP contribution in [-0.2, 0) is 28.7 Å². The third-order valence-electron chi connectivity index (χ3n) is 1.72. The smallest absolute Gasteiger partial charge is 0.371 e. The van der Waals surface area contributed by atoms with Crippen LogP contribution in [0, 0.1) is 0 Å². The summed E-state index contributed by atoms with van der Waals surface area (Å²) in [6, 6.07) is 0. The van der Waals surface area contributed by atoms with Crippen LogP contribution in [0.15, 0.2) is 25.3 Å². The number of rotatable bonds is 9. The Balaban J connectivity index is 0. The number of hydrogen-bond acceptors (Lipinski definition) is 6. The van der Waals surface area contributed by atoms with Gasteiger partial charge in [0, 0.05) is 13.7 Å². The zero-order valence-electron chi connectivity index (χ0n) is 11.9. The van der Waals surface area contributed by atoms with E-state index in [-0.39, 0.29) is 31.3 Å². The normalized spacial score (nSPS) is 8.43. The van der Waals surface area contributed by atoms with Crippen molar-refractivity contribution in [2.24, 2.45) is 0 Å². The second-order valence-electron chi connectivity index (χ2n) is 3.27. The van der Waals surface area contributed by atoms with Crippen LogP contribution in [0.4, 0.5) is 0 Å². The largest absolute Gasteiger partial charge is 0.458 e. The van der Waals surface area contributed by atoms with Gasteiger partial charge in [-0.2, -0.15) is 0 Å². The van der Waals surface area contributed by atoms with Crippen molar-refractivity contribution in [3.63, 3.8) is 0 Å². The predicted octanol–water partition coefficient (Wildman–Crippen LogP) is -1.03. The van der Waals surface area contributed by atoms with E-state index in [0.29, 0.717) is 13.2 Å². The summed E-state index contributed by atoms with van der Waals surface area (Å²) in [5.74, 6) is -1.45. The van der Waals surface area contributed by atoms with Crippen molar-refractivity contribution in [1.82, 2.24) is 10.6 Å². The van der Waals surface area contributed by atoms with Crippen LogP contribution in [0.5, 0.6) is 0 Å². The standard InChI is InChI=1S/C7H9NO4.C6H11NO2/c1-2-6(10)8-3-4-12-7(11)5-9;1-3-6(8)7-4-5-9-2/h2,5H,1,3-4H2,(H,8,10);3H,1,4-5H2,2H3,(H,7,8). The molecule has 118 valence electrons. The highest BCUT2D eigenvalue weighted by Crippen LogP contribution is 1.73. The van der Waals surface area contributed by atoms with Crippen LogP contribution in [-0.4, -0.2) is 57.5 Å². The molecule has 0 aromatic rings. The molecule has 0 aliphatic carbocycles. The zero-order valence-corrected chi connectivity index (χ0v) is 11.9. The van der Waals surface area contributed by atoms with Crippen LogP contribution >= 0.6 is 0 Å². The number of esters is 1. The summed E-state index contributed by atoms with van der Waals surface area (Å²) in [6.07, 6.45) is 2.40. The van der Waals surface area contributed by atoms with Crippen molar-refractivity contribution in [2.75, 3.05) is 33.4 Å². The lowest BCUT2D eigenvalue weighted by Gasteiger charge is -2.00. The van der Waals surface area contributed by atoms with Gasteiger partial charge in [-0.05, 0) is 12.2 Å². The Bertz CT molecular complexity index is 346. The lowest BCUT2D eigenvalue weighted by atomic mass is 10.5. The van der Waals surface area contributed by atoms with Gasteiger partial charge in [-0.1, -0.05) is 13.2 Å². The molecule has 0 fully saturated rings. The molecule has 0 saturated carbocycles. The van der Waals surface area contributed by atoms with Crippen LogP contribution in [0.25, 0.3) is 0 Å². The van der Waals surface area contributed by atoms with Gasteiger partial charge in [0.25, 0.3) is 0 Å². The zero-order chi connectivity index (χ0) is 16.5. The summed E-state index contributed by atoms with van der Waals surface area (Å²) in [7, 11) is 1.58. The van der Waals surface area contributed by atoms with Gasteiger partial charge < -0.3 is 20.1 Å². The van der Waals surface area contributed by atoms with Crippen molar-refractivity contribution in [3.8, 4) is 0 Å². The highest BCUT2D eigenvalue weighted by molar-refractivity contribution is 6.20. The second-order valence-corrected chi connectivity index (χ2v) is 3.27. The van der Waals surface area contributed by atoms with Crippen LogP contribution in [0.1, 0.15) is 0 Å². The summed E-state index contributed by atoms with van der Waals surface area (Å²) in [6.45, 7) is 7.74. The number of hydrogen-bond donors (Lipinski definition) is 2. The molecule has 0 radical (unpaired) electrons. The molecule has 8 heteroatoms. The van der Waals surface area contributed by atoms with E-state index in [9.17, 15) is 19.2 Å². The summed E-state index contributed by atoms with van der Waals surface area (Å²) < 4.78 is 9.02. The third-order valence-corrected chi connectivity index (χ3v) is 1.72. The molecule has 0 atom stereocenters. The molecule has 0 aromatic heterocycles. The summed E-state index contributed by atoms with van der Waals surface area (Å²) in [5, 5.41) is 4.91. The number of nitrogens with one attached hydrogen (secondary N) is 2. The molecular formula is C13H20N2O6. The van der Waals surface area contributed by atoms with Gasteiger partial charge >= 0.3 is 5.97 Å². The molecule has 2 N–H and O–H groups in total. The van der Waals surface area contributed by atoms with E-state index < -0.39 is 5.97 Å². The van der Waals surface area contributed by atoms with Gasteiger partial charge in [0.15, 0.2) is 0 Å². The SMILES string of the molecule is C=CC(=O)NCCOC.C=CC(=O)NCCOC(=O)C=O. The molecule has 0 heterocycles. The fraction of sp³-hybridized carbons (Fsp3) is 0.385. The third kappa shape index (κ3) is 17.5. The number of carbonyl (C=O) groups is 4. The molecule has 2 amide bonds. The molecule has 0 saturated heterocycles. The van der Waals surface area contributed by atoms with Gasteiger partial charge in [0.1, 0.15) is 6.61 Å². The van der Waals surface area contributed by atoms with Gasteiger partial charge in [-0.3, -0.25) is 14.4 Å². The van der Waals surface area contributed by atoms with Crippen molar-refractivity contribution >= 4 is 24.1 Å². The molecule has 0 rings (SSSR count). The first-order chi connectivity index (χ1) is 10.0. The minimum Gasteiger partial charge on any atom is -0.458 e. The highest BCUT2D eigenvalue weighted by Gasteiger charge is 1.98. The first-order valence-electron chi connectivity index (χ1n) is 5.93. The Kier molecular flexibility index (Phi) is 15.5. The number of methoxy groups -OCH3 is 1. The molecular weight excluding hydrogens is 280 g/mol. The Morgan fingerprint density at radius 1 is 1.00 bits per heavy atom. The lowest BCUT2D eigenvalue weighted by Crippen LogP contribution is -2.26. The molecule has 21 heavy (non-hydrogen) atoms. The fourth-order valence-corrected chi connectivity index (χ4v) is 0.781. The van der Waals surface area contributed by atoms with E-state index >= 15 is 0 Å². The van der Waals surface area contributed by atoms with E-state index in [1.807, 2.05) is 0 Å². The summed E-state index contributed by atoms with van der Waals surface area (Å²) in [5.41, 5.74) is 0. The van der Waals surface area contributed by atoms with Crippen molar-refractivity contribution in [2.45, 2.75) is 0 Å². The Labute approximate surface area is 123 Å². The Morgan fingerprint density at radius 2 is 1.48 bits per heavy atom. The minimum atomic E-state index is -0.942. The van der Waals surface area contributed by atoms with Gasteiger partial charge in [0.05, 0.1) is 13.2 Å². The van der Waals surface area contributed by atoms with Crippen LogP contribution < -0.4 is 10.6 Å². The maximum Gasteiger partial charge on any atom is 0.371 e. The maximum absolute atomic E-state index is 10.5. The first kappa shape index (κ1) is 20.8. The molecule has 8 nitrogen and oxygen atoms in total. The van der Waals surface area contributed by atoms with Gasteiger partial charge in [-0.15, -0.1) is 0 Å². The molecule has 0 bridgehead atoms. The monoisotopic (exact) mass is 300 g/mol. The predicted molar refractivity (Wildman–Crippen MR) is 75.3 cm³/mol. The molecule has 0 aliphatic rings. The average molecular weight is 300 g/mol. The summed E-state index contributed by atoms with van der Waals surface area (Å²) in [4.78, 5) is 40.8. The van der Waals surface area contributed by atoms with Crippen molar-refractivity contribution in [1.29, 1.82) is 0 Å². The van der Waals surface area contributed by atoms with Crippen molar-refractivity contribution in [3.05, 3.63) is 25.3 Å². The number of amides is 2. The Hall–Kier alpha value is -2.48.